The van der Waals surface area contributed by atoms with E-state index in [2.05, 4.69) is 11.4 Å². The first-order valence-corrected chi connectivity index (χ1v) is 6.58. The first-order chi connectivity index (χ1) is 8.63. The zero-order valence-corrected chi connectivity index (χ0v) is 11.0. The molecule has 1 N–H and O–H groups in total. The molecule has 1 aliphatic carbocycles. The molecule has 1 aromatic rings. The van der Waals surface area contributed by atoms with Gasteiger partial charge < -0.3 is 10.1 Å². The van der Waals surface area contributed by atoms with E-state index in [4.69, 9.17) is 21.6 Å². The molecule has 0 atom stereocenters. The number of benzene rings is 1. The molecule has 3 rings (SSSR count). The summed E-state index contributed by atoms with van der Waals surface area (Å²) in [5.74, 6) is 0.795. The van der Waals surface area contributed by atoms with Crippen molar-refractivity contribution >= 4 is 11.6 Å². The highest BCUT2D eigenvalue weighted by atomic mass is 35.5. The number of hydrogen-bond acceptors (Lipinski definition) is 3. The topological polar surface area (TPSA) is 45.0 Å². The van der Waals surface area contributed by atoms with Crippen LogP contribution in [0.15, 0.2) is 12.1 Å². The van der Waals surface area contributed by atoms with Crippen molar-refractivity contribution in [2.24, 2.45) is 5.41 Å². The number of nitriles is 1. The second kappa shape index (κ2) is 4.15. The van der Waals surface area contributed by atoms with Gasteiger partial charge in [-0.1, -0.05) is 11.6 Å². The van der Waals surface area contributed by atoms with Crippen molar-refractivity contribution in [3.63, 3.8) is 0 Å². The second-order valence-electron chi connectivity index (χ2n) is 5.41. The fraction of sp³-hybridized carbons (Fsp3) is 0.500. The summed E-state index contributed by atoms with van der Waals surface area (Å²) in [6.07, 6.45) is 2.52. The molecule has 0 amide bonds. The van der Waals surface area contributed by atoms with Gasteiger partial charge in [-0.25, -0.2) is 0 Å². The van der Waals surface area contributed by atoms with Crippen LogP contribution in [-0.4, -0.2) is 19.2 Å². The zero-order chi connectivity index (χ0) is 12.8. The normalized spacial score (nSPS) is 20.9. The number of rotatable bonds is 2. The minimum absolute atomic E-state index is 0.290. The molecule has 1 heterocycles. The van der Waals surface area contributed by atoms with Gasteiger partial charge in [0, 0.05) is 24.1 Å². The highest BCUT2D eigenvalue weighted by Crippen LogP contribution is 2.46. The fourth-order valence-electron chi connectivity index (χ4n) is 2.86. The third kappa shape index (κ3) is 1.77. The second-order valence-corrected chi connectivity index (χ2v) is 5.82. The fourth-order valence-corrected chi connectivity index (χ4v) is 3.11. The lowest BCUT2D eigenvalue weighted by molar-refractivity contribution is -0.0497. The predicted octanol–water partition coefficient (Wildman–Crippen LogP) is 2.65. The number of halogens is 1. The van der Waals surface area contributed by atoms with Crippen LogP contribution in [0, 0.1) is 23.7 Å². The summed E-state index contributed by atoms with van der Waals surface area (Å²) in [5.41, 5.74) is 1.87. The van der Waals surface area contributed by atoms with Crippen LogP contribution in [0.25, 0.3) is 0 Å². The van der Waals surface area contributed by atoms with E-state index in [1.807, 2.05) is 13.0 Å². The van der Waals surface area contributed by atoms with Gasteiger partial charge in [-0.15, -0.1) is 0 Å². The van der Waals surface area contributed by atoms with Gasteiger partial charge in [-0.2, -0.15) is 5.26 Å². The average molecular weight is 263 g/mol. The molecule has 94 valence electrons. The van der Waals surface area contributed by atoms with Gasteiger partial charge in [0.2, 0.25) is 0 Å². The Kier molecular flexibility index (Phi) is 2.73. The third-order valence-corrected chi connectivity index (χ3v) is 4.41. The van der Waals surface area contributed by atoms with Crippen LogP contribution >= 0.6 is 11.6 Å². The highest BCUT2D eigenvalue weighted by molar-refractivity contribution is 6.31. The maximum absolute atomic E-state index is 9.06. The van der Waals surface area contributed by atoms with Crippen LogP contribution in [0.5, 0.6) is 5.75 Å². The number of ether oxygens (including phenoxy) is 1. The van der Waals surface area contributed by atoms with Gasteiger partial charge in [-0.05, 0) is 31.9 Å². The molecular formula is C14H15ClN2O. The molecule has 1 aliphatic heterocycles. The summed E-state index contributed by atoms with van der Waals surface area (Å²) in [6, 6.07) is 5.73. The standard InChI is InChI=1S/C14H15ClN2O/c1-9-11(6-16)12(15)2-3-13(9)18-10-4-14(5-10)7-17-8-14/h2-3,10,17H,4-5,7-8H2,1H3. The molecule has 2 fully saturated rings. The van der Waals surface area contributed by atoms with E-state index in [1.165, 1.54) is 0 Å². The quantitative estimate of drug-likeness (QED) is 0.891. The number of nitrogens with one attached hydrogen (secondary N) is 1. The average Bonchev–Trinajstić information content (AvgIpc) is 2.23. The summed E-state index contributed by atoms with van der Waals surface area (Å²) in [6.45, 7) is 4.13. The lowest BCUT2D eigenvalue weighted by atomic mass is 9.63. The van der Waals surface area contributed by atoms with E-state index in [1.54, 1.807) is 6.07 Å². The van der Waals surface area contributed by atoms with Crippen molar-refractivity contribution in [2.45, 2.75) is 25.9 Å². The van der Waals surface area contributed by atoms with Crippen LogP contribution in [0.1, 0.15) is 24.0 Å². The number of hydrogen-bond donors (Lipinski definition) is 1. The SMILES string of the molecule is Cc1c(OC2CC3(CNC3)C2)ccc(Cl)c1C#N. The first kappa shape index (κ1) is 11.8. The Labute approximate surface area is 112 Å². The molecule has 0 radical (unpaired) electrons. The lowest BCUT2D eigenvalue weighted by Crippen LogP contribution is -2.62. The molecule has 18 heavy (non-hydrogen) atoms. The van der Waals surface area contributed by atoms with Crippen molar-refractivity contribution in [1.29, 1.82) is 5.26 Å². The van der Waals surface area contributed by atoms with Crippen LogP contribution in [0.4, 0.5) is 0 Å². The largest absolute Gasteiger partial charge is 0.490 e. The van der Waals surface area contributed by atoms with Crippen molar-refractivity contribution in [3.05, 3.63) is 28.3 Å². The van der Waals surface area contributed by atoms with E-state index < -0.39 is 0 Å². The minimum Gasteiger partial charge on any atom is -0.490 e. The number of nitrogens with zero attached hydrogens (tertiary/aromatic N) is 1. The Morgan fingerprint density at radius 3 is 2.72 bits per heavy atom. The summed E-state index contributed by atoms with van der Waals surface area (Å²) >= 11 is 5.98. The molecule has 4 heteroatoms. The molecule has 0 unspecified atom stereocenters. The van der Waals surface area contributed by atoms with Gasteiger partial charge in [0.15, 0.2) is 0 Å². The Morgan fingerprint density at radius 1 is 1.44 bits per heavy atom. The zero-order valence-electron chi connectivity index (χ0n) is 10.3. The molecule has 0 bridgehead atoms. The summed E-state index contributed by atoms with van der Waals surface area (Å²) in [7, 11) is 0. The summed E-state index contributed by atoms with van der Waals surface area (Å²) in [4.78, 5) is 0. The van der Waals surface area contributed by atoms with Crippen molar-refractivity contribution in [2.75, 3.05) is 13.1 Å². The van der Waals surface area contributed by atoms with Gasteiger partial charge in [0.05, 0.1) is 16.7 Å². The van der Waals surface area contributed by atoms with Gasteiger partial charge in [0.25, 0.3) is 0 Å². The van der Waals surface area contributed by atoms with Crippen molar-refractivity contribution < 1.29 is 4.74 Å². The third-order valence-electron chi connectivity index (χ3n) is 4.09. The monoisotopic (exact) mass is 262 g/mol. The molecule has 2 aliphatic rings. The lowest BCUT2D eigenvalue weighted by Gasteiger charge is -2.53. The van der Waals surface area contributed by atoms with Crippen LogP contribution < -0.4 is 10.1 Å². The summed E-state index contributed by atoms with van der Waals surface area (Å²) < 4.78 is 5.97. The first-order valence-electron chi connectivity index (χ1n) is 6.20. The Bertz CT molecular complexity index is 523. The molecule has 1 spiro atoms. The Morgan fingerprint density at radius 2 is 2.17 bits per heavy atom. The van der Waals surface area contributed by atoms with Crippen LogP contribution in [0.2, 0.25) is 5.02 Å². The van der Waals surface area contributed by atoms with Gasteiger partial charge >= 0.3 is 0 Å². The molecule has 1 saturated carbocycles. The van der Waals surface area contributed by atoms with E-state index in [9.17, 15) is 0 Å². The van der Waals surface area contributed by atoms with Crippen LogP contribution in [0.3, 0.4) is 0 Å². The van der Waals surface area contributed by atoms with E-state index in [0.29, 0.717) is 22.1 Å². The van der Waals surface area contributed by atoms with E-state index >= 15 is 0 Å². The van der Waals surface area contributed by atoms with Gasteiger partial charge in [-0.3, -0.25) is 0 Å². The molecule has 3 nitrogen and oxygen atoms in total. The van der Waals surface area contributed by atoms with E-state index in [0.717, 1.165) is 37.2 Å². The Hall–Kier alpha value is -1.24. The van der Waals surface area contributed by atoms with E-state index in [-0.39, 0.29) is 0 Å². The maximum Gasteiger partial charge on any atom is 0.124 e. The maximum atomic E-state index is 9.06. The van der Waals surface area contributed by atoms with Gasteiger partial charge in [0.1, 0.15) is 11.8 Å². The van der Waals surface area contributed by atoms with Crippen LogP contribution in [-0.2, 0) is 0 Å². The molecular weight excluding hydrogens is 248 g/mol. The van der Waals surface area contributed by atoms with Crippen molar-refractivity contribution in [1.82, 2.24) is 5.32 Å². The molecule has 1 aromatic carbocycles. The summed E-state index contributed by atoms with van der Waals surface area (Å²) in [5, 5.41) is 12.9. The van der Waals surface area contributed by atoms with Crippen molar-refractivity contribution in [3.8, 4) is 11.8 Å². The predicted molar refractivity (Wildman–Crippen MR) is 69.9 cm³/mol. The molecule has 0 aromatic heterocycles. The Balaban J connectivity index is 1.72. The smallest absolute Gasteiger partial charge is 0.124 e. The minimum atomic E-state index is 0.290. The highest BCUT2D eigenvalue weighted by Gasteiger charge is 2.49. The molecule has 1 saturated heterocycles.